The highest BCUT2D eigenvalue weighted by atomic mass is 16.2. The van der Waals surface area contributed by atoms with Crippen molar-refractivity contribution >= 4 is 11.7 Å². The van der Waals surface area contributed by atoms with E-state index in [1.165, 1.54) is 0 Å². The first-order valence-corrected chi connectivity index (χ1v) is 4.90. The normalized spacial score (nSPS) is 18.0. The molecule has 0 atom stereocenters. The van der Waals surface area contributed by atoms with Gasteiger partial charge in [0.15, 0.2) is 0 Å². The molecule has 0 saturated heterocycles. The second-order valence-corrected chi connectivity index (χ2v) is 3.26. The van der Waals surface area contributed by atoms with Crippen LogP contribution in [0.4, 0.5) is 0 Å². The Bertz CT molecular complexity index is 286. The first-order valence-electron chi connectivity index (χ1n) is 4.90. The van der Waals surface area contributed by atoms with Crippen LogP contribution in [0.5, 0.6) is 0 Å². The Balaban J connectivity index is 2.53. The first-order chi connectivity index (χ1) is 6.77. The number of hydrogen-bond acceptors (Lipinski definition) is 2. The molecule has 0 spiro atoms. The topological polar surface area (TPSA) is 41.5 Å². The molecule has 1 saturated carbocycles. The number of amides is 1. The van der Waals surface area contributed by atoms with Crippen LogP contribution in [0.25, 0.3) is 0 Å². The van der Waals surface area contributed by atoms with E-state index >= 15 is 0 Å². The fourth-order valence-corrected chi connectivity index (χ4v) is 1.00. The highest BCUT2D eigenvalue weighted by molar-refractivity contribution is 6.05. The lowest BCUT2D eigenvalue weighted by Gasteiger charge is -2.01. The number of nitrogens with one attached hydrogen (secondary N) is 1. The lowest BCUT2D eigenvalue weighted by Crippen LogP contribution is -2.30. The fraction of sp³-hybridized carbons (Fsp3) is 0.455. The second kappa shape index (κ2) is 5.37. The van der Waals surface area contributed by atoms with Crippen molar-refractivity contribution in [1.82, 2.24) is 5.32 Å². The van der Waals surface area contributed by atoms with E-state index in [1.54, 1.807) is 12.3 Å². The summed E-state index contributed by atoms with van der Waals surface area (Å²) in [5.74, 6) is 0.921. The van der Waals surface area contributed by atoms with Crippen molar-refractivity contribution < 1.29 is 4.79 Å². The van der Waals surface area contributed by atoms with Gasteiger partial charge in [-0.2, -0.15) is 0 Å². The van der Waals surface area contributed by atoms with Gasteiger partial charge in [-0.3, -0.25) is 4.79 Å². The van der Waals surface area contributed by atoms with Crippen molar-refractivity contribution in [3.63, 3.8) is 0 Å². The summed E-state index contributed by atoms with van der Waals surface area (Å²) in [6, 6.07) is 0. The Hall–Kier alpha value is -1.38. The summed E-state index contributed by atoms with van der Waals surface area (Å²) in [7, 11) is 0. The molecule has 1 aliphatic rings. The number of aliphatic imine (C=N–C) groups is 1. The van der Waals surface area contributed by atoms with E-state index in [-0.39, 0.29) is 11.8 Å². The minimum Gasteiger partial charge on any atom is -0.310 e. The maximum absolute atomic E-state index is 11.4. The number of hydrogen-bond donors (Lipinski definition) is 1. The van der Waals surface area contributed by atoms with Gasteiger partial charge in [-0.05, 0) is 32.8 Å². The maximum Gasteiger partial charge on any atom is 0.228 e. The SMILES string of the molecule is C\C=C/N=C(\C=C/C)NC(=O)C1CC1. The molecule has 1 N–H and O–H groups in total. The van der Waals surface area contributed by atoms with E-state index in [0.29, 0.717) is 5.84 Å². The second-order valence-electron chi connectivity index (χ2n) is 3.26. The minimum absolute atomic E-state index is 0.0892. The third kappa shape index (κ3) is 3.56. The zero-order valence-electron chi connectivity index (χ0n) is 8.66. The largest absolute Gasteiger partial charge is 0.310 e. The molecule has 76 valence electrons. The maximum atomic E-state index is 11.4. The summed E-state index contributed by atoms with van der Waals surface area (Å²) in [5, 5.41) is 2.79. The van der Waals surface area contributed by atoms with E-state index < -0.39 is 0 Å². The van der Waals surface area contributed by atoms with Crippen molar-refractivity contribution in [2.45, 2.75) is 26.7 Å². The molecule has 0 unspecified atom stereocenters. The van der Waals surface area contributed by atoms with Crippen molar-refractivity contribution in [1.29, 1.82) is 0 Å². The summed E-state index contributed by atoms with van der Waals surface area (Å²) in [6.07, 6.45) is 9.17. The Kier molecular flexibility index (Phi) is 4.11. The zero-order chi connectivity index (χ0) is 10.4. The highest BCUT2D eigenvalue weighted by Crippen LogP contribution is 2.28. The van der Waals surface area contributed by atoms with Crippen LogP contribution in [0, 0.1) is 5.92 Å². The van der Waals surface area contributed by atoms with E-state index in [0.717, 1.165) is 12.8 Å². The quantitative estimate of drug-likeness (QED) is 0.539. The summed E-state index contributed by atoms with van der Waals surface area (Å²) in [6.45, 7) is 3.79. The average Bonchev–Trinajstić information content (AvgIpc) is 2.97. The molecule has 0 aromatic carbocycles. The number of allylic oxidation sites excluding steroid dienone is 2. The number of carbonyl (C=O) groups excluding carboxylic acids is 1. The molecule has 0 bridgehead atoms. The van der Waals surface area contributed by atoms with Gasteiger partial charge in [0, 0.05) is 12.1 Å². The molecule has 1 fully saturated rings. The average molecular weight is 192 g/mol. The highest BCUT2D eigenvalue weighted by Gasteiger charge is 2.29. The van der Waals surface area contributed by atoms with Crippen LogP contribution < -0.4 is 5.32 Å². The number of carbonyl (C=O) groups is 1. The Morgan fingerprint density at radius 2 is 2.07 bits per heavy atom. The Morgan fingerprint density at radius 1 is 1.36 bits per heavy atom. The Morgan fingerprint density at radius 3 is 2.57 bits per heavy atom. The van der Waals surface area contributed by atoms with Crippen LogP contribution >= 0.6 is 0 Å². The predicted molar refractivity (Wildman–Crippen MR) is 57.9 cm³/mol. The molecule has 14 heavy (non-hydrogen) atoms. The molecular formula is C11H16N2O. The van der Waals surface area contributed by atoms with Gasteiger partial charge in [0.25, 0.3) is 0 Å². The summed E-state index contributed by atoms with van der Waals surface area (Å²) in [5.41, 5.74) is 0. The molecule has 3 heteroatoms. The van der Waals surface area contributed by atoms with E-state index in [4.69, 9.17) is 0 Å². The van der Waals surface area contributed by atoms with E-state index in [9.17, 15) is 4.79 Å². The fourth-order valence-electron chi connectivity index (χ4n) is 1.00. The van der Waals surface area contributed by atoms with Gasteiger partial charge in [0.05, 0.1) is 0 Å². The van der Waals surface area contributed by atoms with Crippen LogP contribution in [0.15, 0.2) is 29.4 Å². The molecule has 0 aliphatic heterocycles. The Labute approximate surface area is 84.6 Å². The molecular weight excluding hydrogens is 176 g/mol. The lowest BCUT2D eigenvalue weighted by molar-refractivity contribution is -0.120. The summed E-state index contributed by atoms with van der Waals surface area (Å²) < 4.78 is 0. The number of amidine groups is 1. The number of rotatable bonds is 3. The summed E-state index contributed by atoms with van der Waals surface area (Å²) >= 11 is 0. The molecule has 0 heterocycles. The predicted octanol–water partition coefficient (Wildman–Crippen LogP) is 2.02. The van der Waals surface area contributed by atoms with E-state index in [1.807, 2.05) is 26.0 Å². The zero-order valence-corrected chi connectivity index (χ0v) is 8.66. The van der Waals surface area contributed by atoms with Crippen LogP contribution in [-0.2, 0) is 4.79 Å². The van der Waals surface area contributed by atoms with Crippen molar-refractivity contribution in [2.24, 2.45) is 10.9 Å². The third-order valence-electron chi connectivity index (χ3n) is 1.89. The molecule has 1 amide bonds. The van der Waals surface area contributed by atoms with Gasteiger partial charge in [0.2, 0.25) is 5.91 Å². The van der Waals surface area contributed by atoms with Crippen LogP contribution in [0.2, 0.25) is 0 Å². The number of nitrogens with zero attached hydrogens (tertiary/aromatic N) is 1. The van der Waals surface area contributed by atoms with Crippen molar-refractivity contribution in [3.8, 4) is 0 Å². The van der Waals surface area contributed by atoms with Gasteiger partial charge in [0.1, 0.15) is 5.84 Å². The van der Waals surface area contributed by atoms with Gasteiger partial charge < -0.3 is 5.32 Å². The molecule has 0 aromatic rings. The van der Waals surface area contributed by atoms with Crippen molar-refractivity contribution in [3.05, 3.63) is 24.4 Å². The first kappa shape index (κ1) is 10.7. The molecule has 0 radical (unpaired) electrons. The van der Waals surface area contributed by atoms with Gasteiger partial charge in [-0.15, -0.1) is 0 Å². The molecule has 0 aromatic heterocycles. The monoisotopic (exact) mass is 192 g/mol. The minimum atomic E-state index is 0.0892. The van der Waals surface area contributed by atoms with Crippen LogP contribution in [0.3, 0.4) is 0 Å². The summed E-state index contributed by atoms with van der Waals surface area (Å²) in [4.78, 5) is 15.5. The standard InChI is InChI=1S/C11H16N2O/c1-3-5-10(12-8-4-2)13-11(14)9-6-7-9/h3-5,8-9H,6-7H2,1-2H3,(H,12,13,14)/b5-3-,8-4-. The van der Waals surface area contributed by atoms with Gasteiger partial charge >= 0.3 is 0 Å². The van der Waals surface area contributed by atoms with Gasteiger partial charge in [-0.25, -0.2) is 4.99 Å². The van der Waals surface area contributed by atoms with Crippen molar-refractivity contribution in [2.75, 3.05) is 0 Å². The molecule has 1 rings (SSSR count). The molecule has 3 nitrogen and oxygen atoms in total. The smallest absolute Gasteiger partial charge is 0.228 e. The van der Waals surface area contributed by atoms with Crippen LogP contribution in [-0.4, -0.2) is 11.7 Å². The lowest BCUT2D eigenvalue weighted by atomic mass is 10.4. The molecule has 1 aliphatic carbocycles. The van der Waals surface area contributed by atoms with Gasteiger partial charge in [-0.1, -0.05) is 12.2 Å². The van der Waals surface area contributed by atoms with Crippen LogP contribution in [0.1, 0.15) is 26.7 Å². The third-order valence-corrected chi connectivity index (χ3v) is 1.89. The van der Waals surface area contributed by atoms with E-state index in [2.05, 4.69) is 10.3 Å².